The number of halogens is 2. The smallest absolute Gasteiger partial charge is 0.330 e. The predicted molar refractivity (Wildman–Crippen MR) is 139 cm³/mol. The Morgan fingerprint density at radius 2 is 1.59 bits per heavy atom. The van der Waals surface area contributed by atoms with Crippen molar-refractivity contribution in [2.75, 3.05) is 6.61 Å². The van der Waals surface area contributed by atoms with Crippen LogP contribution >= 0.6 is 23.2 Å². The Labute approximate surface area is 214 Å². The number of carbonyl (C=O) groups excluding carboxylic acids is 1. The van der Waals surface area contributed by atoms with E-state index in [0.29, 0.717) is 42.2 Å². The van der Waals surface area contributed by atoms with Crippen LogP contribution < -0.4 is 0 Å². The van der Waals surface area contributed by atoms with E-state index in [-0.39, 0.29) is 18.2 Å². The van der Waals surface area contributed by atoms with Crippen LogP contribution in [0.25, 0.3) is 0 Å². The first kappa shape index (κ1) is 28.4. The standard InChI is InChI=1S/C28H36Cl2O4/c1-4-32-28(31)16-9-8-13-23(34-20-25-26(29)14-10-15-27(25)30)18-24(17-21(2)3)33-19-22-11-6-5-7-12-22/h5-7,9-12,14-16,21,23-24H,4,8,13,17-20H2,1-3H3/b16-9+/t23-,24-/m1/s1. The van der Waals surface area contributed by atoms with Crippen molar-refractivity contribution in [2.45, 2.75) is 71.9 Å². The van der Waals surface area contributed by atoms with Gasteiger partial charge in [0.05, 0.1) is 32.0 Å². The van der Waals surface area contributed by atoms with E-state index in [0.717, 1.165) is 30.4 Å². The summed E-state index contributed by atoms with van der Waals surface area (Å²) in [6.45, 7) is 7.42. The van der Waals surface area contributed by atoms with Gasteiger partial charge in [0.1, 0.15) is 0 Å². The summed E-state index contributed by atoms with van der Waals surface area (Å²) < 4.78 is 17.6. The average molecular weight is 507 g/mol. The lowest BCUT2D eigenvalue weighted by Crippen LogP contribution is -2.25. The number of carbonyl (C=O) groups is 1. The quantitative estimate of drug-likeness (QED) is 0.182. The van der Waals surface area contributed by atoms with Crippen molar-refractivity contribution in [1.29, 1.82) is 0 Å². The topological polar surface area (TPSA) is 44.8 Å². The number of ether oxygens (including phenoxy) is 3. The van der Waals surface area contributed by atoms with E-state index < -0.39 is 0 Å². The van der Waals surface area contributed by atoms with Gasteiger partial charge in [-0.1, -0.05) is 79.5 Å². The second-order valence-corrected chi connectivity index (χ2v) is 9.46. The van der Waals surface area contributed by atoms with Gasteiger partial charge in [-0.2, -0.15) is 0 Å². The first-order chi connectivity index (χ1) is 16.4. The molecule has 0 aliphatic heterocycles. The molecular formula is C28H36Cl2O4. The third kappa shape index (κ3) is 11.1. The van der Waals surface area contributed by atoms with E-state index >= 15 is 0 Å². The van der Waals surface area contributed by atoms with Gasteiger partial charge in [-0.25, -0.2) is 4.79 Å². The van der Waals surface area contributed by atoms with E-state index in [1.54, 1.807) is 6.92 Å². The molecule has 2 aromatic carbocycles. The first-order valence-corrected chi connectivity index (χ1v) is 12.7. The van der Waals surface area contributed by atoms with Crippen LogP contribution in [0.2, 0.25) is 10.0 Å². The molecule has 0 amide bonds. The maximum absolute atomic E-state index is 11.6. The highest BCUT2D eigenvalue weighted by Crippen LogP contribution is 2.27. The van der Waals surface area contributed by atoms with Crippen molar-refractivity contribution < 1.29 is 19.0 Å². The largest absolute Gasteiger partial charge is 0.463 e. The maximum Gasteiger partial charge on any atom is 0.330 e. The summed E-state index contributed by atoms with van der Waals surface area (Å²) in [6, 6.07) is 15.6. The number of rotatable bonds is 15. The Morgan fingerprint density at radius 1 is 0.912 bits per heavy atom. The number of benzene rings is 2. The highest BCUT2D eigenvalue weighted by atomic mass is 35.5. The molecule has 0 saturated carbocycles. The fourth-order valence-electron chi connectivity index (χ4n) is 3.63. The third-order valence-corrected chi connectivity index (χ3v) is 6.02. The molecule has 0 aromatic heterocycles. The fraction of sp³-hybridized carbons (Fsp3) is 0.464. The Bertz CT molecular complexity index is 863. The summed E-state index contributed by atoms with van der Waals surface area (Å²) in [5, 5.41) is 1.18. The van der Waals surface area contributed by atoms with Gasteiger partial charge in [-0.15, -0.1) is 0 Å². The molecule has 0 heterocycles. The highest BCUT2D eigenvalue weighted by Gasteiger charge is 2.20. The summed E-state index contributed by atoms with van der Waals surface area (Å²) >= 11 is 12.7. The molecule has 0 aliphatic carbocycles. The van der Waals surface area contributed by atoms with Gasteiger partial charge in [-0.05, 0) is 56.2 Å². The summed E-state index contributed by atoms with van der Waals surface area (Å²) in [5.41, 5.74) is 1.93. The second-order valence-electron chi connectivity index (χ2n) is 8.65. The fourth-order valence-corrected chi connectivity index (χ4v) is 4.14. The summed E-state index contributed by atoms with van der Waals surface area (Å²) in [4.78, 5) is 11.6. The third-order valence-electron chi connectivity index (χ3n) is 5.31. The molecule has 0 saturated heterocycles. The molecule has 0 fully saturated rings. The van der Waals surface area contributed by atoms with Crippen LogP contribution in [0, 0.1) is 5.92 Å². The van der Waals surface area contributed by atoms with Crippen LogP contribution in [0.15, 0.2) is 60.7 Å². The molecule has 0 aliphatic rings. The second kappa shape index (κ2) is 15.9. The van der Waals surface area contributed by atoms with Gasteiger partial charge in [0.15, 0.2) is 0 Å². The van der Waals surface area contributed by atoms with Crippen LogP contribution in [0.1, 0.15) is 57.6 Å². The minimum absolute atomic E-state index is 0.0426. The maximum atomic E-state index is 11.6. The molecule has 0 N–H and O–H groups in total. The number of allylic oxidation sites excluding steroid dienone is 1. The minimum atomic E-state index is -0.327. The number of hydrogen-bond donors (Lipinski definition) is 0. The van der Waals surface area contributed by atoms with Crippen LogP contribution in [-0.2, 0) is 32.2 Å². The van der Waals surface area contributed by atoms with E-state index in [1.165, 1.54) is 6.08 Å². The lowest BCUT2D eigenvalue weighted by molar-refractivity contribution is -0.137. The summed E-state index contributed by atoms with van der Waals surface area (Å²) in [7, 11) is 0. The summed E-state index contributed by atoms with van der Waals surface area (Å²) in [6.07, 6.45) is 6.36. The SMILES string of the molecule is CCOC(=O)/C=C/CC[C@H](C[C@@H](CC(C)C)OCc1ccccc1)OCc1c(Cl)cccc1Cl. The molecule has 0 bridgehead atoms. The van der Waals surface area contributed by atoms with Gasteiger partial charge in [-0.3, -0.25) is 0 Å². The monoisotopic (exact) mass is 506 g/mol. The zero-order valence-corrected chi connectivity index (χ0v) is 21.9. The first-order valence-electron chi connectivity index (χ1n) is 11.9. The molecule has 0 radical (unpaired) electrons. The van der Waals surface area contributed by atoms with Crippen LogP contribution in [0.3, 0.4) is 0 Å². The van der Waals surface area contributed by atoms with Gasteiger partial charge >= 0.3 is 5.97 Å². The van der Waals surface area contributed by atoms with E-state index in [2.05, 4.69) is 26.0 Å². The van der Waals surface area contributed by atoms with Crippen molar-refractivity contribution >= 4 is 29.2 Å². The van der Waals surface area contributed by atoms with Gasteiger partial charge in [0.25, 0.3) is 0 Å². The highest BCUT2D eigenvalue weighted by molar-refractivity contribution is 6.35. The molecule has 0 spiro atoms. The molecule has 2 atom stereocenters. The van der Waals surface area contributed by atoms with Crippen molar-refractivity contribution in [3.63, 3.8) is 0 Å². The average Bonchev–Trinajstić information content (AvgIpc) is 2.80. The van der Waals surface area contributed by atoms with Crippen molar-refractivity contribution in [2.24, 2.45) is 5.92 Å². The van der Waals surface area contributed by atoms with Crippen molar-refractivity contribution in [3.05, 3.63) is 81.9 Å². The molecule has 2 rings (SSSR count). The molecule has 0 unspecified atom stereocenters. The molecule has 34 heavy (non-hydrogen) atoms. The van der Waals surface area contributed by atoms with Gasteiger partial charge in [0, 0.05) is 21.7 Å². The zero-order chi connectivity index (χ0) is 24.8. The lowest BCUT2D eigenvalue weighted by Gasteiger charge is -2.26. The number of hydrogen-bond acceptors (Lipinski definition) is 4. The van der Waals surface area contributed by atoms with Gasteiger partial charge in [0.2, 0.25) is 0 Å². The van der Waals surface area contributed by atoms with Crippen LogP contribution in [0.5, 0.6) is 0 Å². The molecule has 2 aromatic rings. The Balaban J connectivity index is 2.06. The Kier molecular flexibility index (Phi) is 13.3. The summed E-state index contributed by atoms with van der Waals surface area (Å²) in [5.74, 6) is 0.162. The van der Waals surface area contributed by atoms with Crippen molar-refractivity contribution in [1.82, 2.24) is 0 Å². The Morgan fingerprint density at radius 3 is 2.24 bits per heavy atom. The normalized spacial score (nSPS) is 13.4. The van der Waals surface area contributed by atoms with E-state index in [4.69, 9.17) is 37.4 Å². The Hall–Kier alpha value is -1.85. The molecule has 6 heteroatoms. The number of esters is 1. The van der Waals surface area contributed by atoms with Gasteiger partial charge < -0.3 is 14.2 Å². The van der Waals surface area contributed by atoms with Crippen molar-refractivity contribution in [3.8, 4) is 0 Å². The lowest BCUT2D eigenvalue weighted by atomic mass is 9.98. The minimum Gasteiger partial charge on any atom is -0.463 e. The van der Waals surface area contributed by atoms with E-state index in [9.17, 15) is 4.79 Å². The molecule has 4 nitrogen and oxygen atoms in total. The zero-order valence-electron chi connectivity index (χ0n) is 20.3. The van der Waals surface area contributed by atoms with E-state index in [1.807, 2.05) is 42.5 Å². The molecule has 186 valence electrons. The molecular weight excluding hydrogens is 471 g/mol. The van der Waals surface area contributed by atoms with Crippen LogP contribution in [-0.4, -0.2) is 24.8 Å². The van der Waals surface area contributed by atoms with Crippen LogP contribution in [0.4, 0.5) is 0 Å². The predicted octanol–water partition coefficient (Wildman–Crippen LogP) is 7.80.